The van der Waals surface area contributed by atoms with Gasteiger partial charge >= 0.3 is 0 Å². The largest absolute Gasteiger partial charge is 0.509 e. The molecule has 15 rings (SSSR count). The molecule has 0 N–H and O–H groups in total. The predicted molar refractivity (Wildman–Crippen MR) is 348 cm³/mol. The van der Waals surface area contributed by atoms with E-state index in [-0.39, 0.29) is 31.9 Å². The summed E-state index contributed by atoms with van der Waals surface area (Å²) in [4.78, 5) is 7.29. The van der Waals surface area contributed by atoms with Crippen LogP contribution in [0.25, 0.3) is 110 Å². The first kappa shape index (κ1) is 51.8. The van der Waals surface area contributed by atoms with Gasteiger partial charge in [-0.15, -0.1) is 35.7 Å². The number of hydrogen-bond donors (Lipinski definition) is 0. The van der Waals surface area contributed by atoms with Gasteiger partial charge in [-0.1, -0.05) is 200 Å². The van der Waals surface area contributed by atoms with E-state index < -0.39 is 5.89 Å². The second-order valence-corrected chi connectivity index (χ2v) is 24.5. The van der Waals surface area contributed by atoms with Crippen LogP contribution in [0.5, 0.6) is 11.5 Å². The average Bonchev–Trinajstić information content (AvgIpc) is 2.01. The fraction of sp³-hybridized carbons (Fsp3) is 0.143. The van der Waals surface area contributed by atoms with Crippen LogP contribution in [0.15, 0.2) is 219 Å². The fourth-order valence-electron chi connectivity index (χ4n) is 12.8. The maximum Gasteiger partial charge on any atom is 0.135 e. The van der Waals surface area contributed by atoms with E-state index in [1.165, 1.54) is 32.7 Å². The van der Waals surface area contributed by atoms with E-state index in [1.807, 2.05) is 38.2 Å². The molecule has 0 spiro atoms. The Morgan fingerprint density at radius 3 is 1.74 bits per heavy atom. The molecular weight excluding hydrogens is 1210 g/mol. The SMILES string of the molecule is [2H]C(C)(C)c1cc(-c2cccc3c4ccccc4c4ccccc4c4cccc5c4n(c23)[CH-]N5c2[c-]c(Oc3[c-]c4c(cc3)c3cc(-n5c6ccccc6c6ccccc65)ccc3n4-c3cc(C(C)(C)C)ccn3)ccc2)cc(C(C)(C)C)c1.[Pt]. The molecule has 10 aromatic carbocycles. The van der Waals surface area contributed by atoms with Gasteiger partial charge in [0.1, 0.15) is 5.82 Å². The Bertz CT molecular complexity index is 5040. The Balaban J connectivity index is 0.00000640. The molecule has 6 nitrogen and oxygen atoms in total. The van der Waals surface area contributed by atoms with Gasteiger partial charge in [0.15, 0.2) is 0 Å². The van der Waals surface area contributed by atoms with Crippen LogP contribution in [0, 0.1) is 18.8 Å². The van der Waals surface area contributed by atoms with Crippen molar-refractivity contribution in [3.05, 3.63) is 254 Å². The zero-order valence-corrected chi connectivity index (χ0v) is 50.6. The van der Waals surface area contributed by atoms with Crippen LogP contribution < -0.4 is 9.64 Å². The van der Waals surface area contributed by atoms with Gasteiger partial charge in [-0.05, 0) is 148 Å². The molecule has 414 valence electrons. The van der Waals surface area contributed by atoms with E-state index in [0.717, 1.165) is 105 Å². The summed E-state index contributed by atoms with van der Waals surface area (Å²) in [5, 5.41) is 11.4. The van der Waals surface area contributed by atoms with Crippen molar-refractivity contribution in [1.29, 1.82) is 0 Å². The van der Waals surface area contributed by atoms with Crippen molar-refractivity contribution < 1.29 is 27.2 Å². The fourth-order valence-corrected chi connectivity index (χ4v) is 12.8. The number of rotatable bonds is 7. The van der Waals surface area contributed by atoms with Gasteiger partial charge < -0.3 is 23.3 Å². The Morgan fingerprint density at radius 2 is 1.07 bits per heavy atom. The third-order valence-electron chi connectivity index (χ3n) is 17.0. The zero-order chi connectivity index (χ0) is 57.4. The quantitative estimate of drug-likeness (QED) is 0.149. The molecule has 0 fully saturated rings. The Hall–Kier alpha value is -9.09. The van der Waals surface area contributed by atoms with Crippen LogP contribution in [0.2, 0.25) is 0 Å². The van der Waals surface area contributed by atoms with Crippen molar-refractivity contribution in [2.45, 2.75) is 72.1 Å². The number of nitrogens with zero attached hydrogens (tertiary/aromatic N) is 5. The third kappa shape index (κ3) is 8.64. The first-order chi connectivity index (χ1) is 40.5. The molecule has 0 amide bonds. The van der Waals surface area contributed by atoms with E-state index in [0.29, 0.717) is 11.5 Å². The van der Waals surface area contributed by atoms with Crippen LogP contribution in [0.3, 0.4) is 0 Å². The van der Waals surface area contributed by atoms with Gasteiger partial charge in [-0.3, -0.25) is 0 Å². The van der Waals surface area contributed by atoms with Crippen molar-refractivity contribution in [1.82, 2.24) is 18.7 Å². The number of hydrogen-bond acceptors (Lipinski definition) is 3. The minimum absolute atomic E-state index is 0. The van der Waals surface area contributed by atoms with Gasteiger partial charge in [0.05, 0.1) is 11.0 Å². The van der Waals surface area contributed by atoms with Crippen LogP contribution in [0.1, 0.15) is 79.3 Å². The second kappa shape index (κ2) is 20.1. The number of aromatic nitrogens is 4. The molecule has 0 unspecified atom stereocenters. The summed E-state index contributed by atoms with van der Waals surface area (Å²) in [6.07, 6.45) is 1.92. The monoisotopic (exact) mass is 1270 g/mol. The number of para-hydroxylation sites is 4. The molecule has 0 bridgehead atoms. The van der Waals surface area contributed by atoms with E-state index in [4.69, 9.17) is 9.72 Å². The molecule has 1 aliphatic heterocycles. The maximum absolute atomic E-state index is 9.33. The van der Waals surface area contributed by atoms with Crippen molar-refractivity contribution in [2.75, 3.05) is 4.90 Å². The third-order valence-corrected chi connectivity index (χ3v) is 17.0. The molecule has 7 heteroatoms. The van der Waals surface area contributed by atoms with Crippen molar-refractivity contribution in [2.24, 2.45) is 0 Å². The summed E-state index contributed by atoms with van der Waals surface area (Å²) < 4.78 is 23.3. The Labute approximate surface area is 506 Å². The topological polar surface area (TPSA) is 40.1 Å². The minimum Gasteiger partial charge on any atom is -0.509 e. The molecule has 1 aliphatic rings. The molecule has 4 aromatic heterocycles. The summed E-state index contributed by atoms with van der Waals surface area (Å²) >= 11 is 0. The van der Waals surface area contributed by atoms with Crippen molar-refractivity contribution in [3.63, 3.8) is 0 Å². The molecule has 0 aliphatic carbocycles. The van der Waals surface area contributed by atoms with E-state index in [2.05, 4.69) is 273 Å². The van der Waals surface area contributed by atoms with Gasteiger partial charge in [0, 0.05) is 67.8 Å². The number of ether oxygens (including phenoxy) is 1. The number of fused-ring (bicyclic) bond motifs is 13. The van der Waals surface area contributed by atoms with Gasteiger partial charge in [0.2, 0.25) is 0 Å². The van der Waals surface area contributed by atoms with Gasteiger partial charge in [0.25, 0.3) is 0 Å². The van der Waals surface area contributed by atoms with Crippen LogP contribution in [-0.4, -0.2) is 18.7 Å². The number of benzene rings is 10. The Morgan fingerprint density at radius 1 is 0.488 bits per heavy atom. The summed E-state index contributed by atoms with van der Waals surface area (Å²) in [5.74, 6) is 1.12. The van der Waals surface area contributed by atoms with Crippen LogP contribution >= 0.6 is 0 Å². The van der Waals surface area contributed by atoms with Gasteiger partial charge in [-0.25, -0.2) is 4.98 Å². The molecule has 0 saturated carbocycles. The van der Waals surface area contributed by atoms with Crippen molar-refractivity contribution in [3.8, 4) is 34.1 Å². The molecule has 84 heavy (non-hydrogen) atoms. The van der Waals surface area contributed by atoms with E-state index >= 15 is 0 Å². The minimum atomic E-state index is -0.819. The van der Waals surface area contributed by atoms with E-state index in [1.54, 1.807) is 0 Å². The van der Waals surface area contributed by atoms with E-state index in [9.17, 15) is 1.37 Å². The first-order valence-corrected chi connectivity index (χ1v) is 28.8. The zero-order valence-electron chi connectivity index (χ0n) is 49.3. The van der Waals surface area contributed by atoms with Crippen molar-refractivity contribution >= 4 is 98.3 Å². The molecule has 5 heterocycles. The van der Waals surface area contributed by atoms with Gasteiger partial charge in [-0.2, -0.15) is 12.1 Å². The first-order valence-electron chi connectivity index (χ1n) is 29.3. The second-order valence-electron chi connectivity index (χ2n) is 24.5. The maximum atomic E-state index is 9.33. The molecule has 0 radical (unpaired) electrons. The molecule has 0 atom stereocenters. The van der Waals surface area contributed by atoms with Crippen LogP contribution in [-0.2, 0) is 31.9 Å². The molecule has 14 aromatic rings. The standard InChI is InChI=1S/C77H62N5O.Pt/c1-48(2)49-40-50(42-52(41-49)77(6,7)8)57-28-18-29-65-60-24-11-9-22-58(60)59-23-10-12-25-61(59)66-30-19-33-71-75(66)80(74(57)65)47-79(71)53-20-17-21-55(44-53)83-56-35-36-64-67-45-54(81-68-31-15-13-26-62(68)63-27-14-16-32-69(63)81)34-37-70(67)82(72(64)46-56)73-43-51(38-39-78-73)76(3,4)5;/h9-43,45,47-48H,1-8H3;/q-3;/i48D;. The Kier molecular flexibility index (Phi) is 12.4. The summed E-state index contributed by atoms with van der Waals surface area (Å²) in [5.41, 5.74) is 14.5. The summed E-state index contributed by atoms with van der Waals surface area (Å²) in [7, 11) is 0. The summed E-state index contributed by atoms with van der Waals surface area (Å²) in [6, 6.07) is 84.0. The smallest absolute Gasteiger partial charge is 0.135 e. The number of pyridine rings is 1. The number of anilines is 2. The normalized spacial score (nSPS) is 12.9. The van der Waals surface area contributed by atoms with Crippen LogP contribution in [0.4, 0.5) is 11.4 Å². The predicted octanol–water partition coefficient (Wildman–Crippen LogP) is 20.7. The summed E-state index contributed by atoms with van der Waals surface area (Å²) in [6.45, 7) is 19.7. The molecule has 0 saturated heterocycles. The average molecular weight is 1270 g/mol. The molecular formula is C77H62N5OPt-3.